The van der Waals surface area contributed by atoms with Crippen LogP contribution in [0.5, 0.6) is 0 Å². The summed E-state index contributed by atoms with van der Waals surface area (Å²) in [4.78, 5) is 26.2. The van der Waals surface area contributed by atoms with Crippen LogP contribution in [-0.4, -0.2) is 42.9 Å². The number of hydrogen-bond donors (Lipinski definition) is 2. The lowest BCUT2D eigenvalue weighted by Crippen LogP contribution is -2.49. The molecule has 0 radical (unpaired) electrons. The SMILES string of the molecule is CCC1(C(=O)N2CCC(C)(C(N)=O)C2)CCNCC1. The standard InChI is InChI=1S/C14H25N3O2/c1-3-14(4-7-16-8-5-14)12(19)17-9-6-13(2,10-17)11(15)18/h16H,3-10H2,1-2H3,(H2,15,18). The Morgan fingerprint density at radius 3 is 2.37 bits per heavy atom. The van der Waals surface area contributed by atoms with Gasteiger partial charge in [0.05, 0.1) is 10.8 Å². The van der Waals surface area contributed by atoms with Gasteiger partial charge in [-0.3, -0.25) is 9.59 Å². The molecule has 0 bridgehead atoms. The van der Waals surface area contributed by atoms with Crippen molar-refractivity contribution in [2.45, 2.75) is 39.5 Å². The largest absolute Gasteiger partial charge is 0.369 e. The predicted octanol–water partition coefficient (Wildman–Crippen LogP) is 0.490. The predicted molar refractivity (Wildman–Crippen MR) is 73.3 cm³/mol. The molecular weight excluding hydrogens is 242 g/mol. The zero-order valence-electron chi connectivity index (χ0n) is 12.0. The minimum Gasteiger partial charge on any atom is -0.369 e. The van der Waals surface area contributed by atoms with E-state index in [1.807, 2.05) is 11.8 Å². The molecule has 0 spiro atoms. The maximum Gasteiger partial charge on any atom is 0.228 e. The first-order valence-corrected chi connectivity index (χ1v) is 7.23. The molecule has 2 heterocycles. The van der Waals surface area contributed by atoms with E-state index in [0.717, 1.165) is 32.4 Å². The first-order valence-electron chi connectivity index (χ1n) is 7.23. The maximum atomic E-state index is 12.8. The summed E-state index contributed by atoms with van der Waals surface area (Å²) < 4.78 is 0. The Kier molecular flexibility index (Phi) is 3.85. The number of amides is 2. The lowest BCUT2D eigenvalue weighted by Gasteiger charge is -2.38. The van der Waals surface area contributed by atoms with Crippen molar-refractivity contribution >= 4 is 11.8 Å². The first-order chi connectivity index (χ1) is 8.93. The highest BCUT2D eigenvalue weighted by molar-refractivity contribution is 5.86. The van der Waals surface area contributed by atoms with Gasteiger partial charge in [-0.1, -0.05) is 6.92 Å². The first kappa shape index (κ1) is 14.3. The molecular formula is C14H25N3O2. The Labute approximate surface area is 114 Å². The molecule has 2 amide bonds. The van der Waals surface area contributed by atoms with Crippen molar-refractivity contribution in [3.8, 4) is 0 Å². The van der Waals surface area contributed by atoms with Gasteiger partial charge in [-0.2, -0.15) is 0 Å². The van der Waals surface area contributed by atoms with Gasteiger partial charge in [0, 0.05) is 13.1 Å². The minimum absolute atomic E-state index is 0.224. The van der Waals surface area contributed by atoms with Crippen molar-refractivity contribution in [1.82, 2.24) is 10.2 Å². The molecule has 0 aliphatic carbocycles. The molecule has 0 aromatic rings. The minimum atomic E-state index is -0.544. The van der Waals surface area contributed by atoms with E-state index >= 15 is 0 Å². The highest BCUT2D eigenvalue weighted by Gasteiger charge is 2.46. The number of nitrogens with two attached hydrogens (primary N) is 1. The van der Waals surface area contributed by atoms with Crippen molar-refractivity contribution in [2.75, 3.05) is 26.2 Å². The number of nitrogens with zero attached hydrogens (tertiary/aromatic N) is 1. The summed E-state index contributed by atoms with van der Waals surface area (Å²) in [7, 11) is 0. The van der Waals surface area contributed by atoms with Crippen LogP contribution in [0.25, 0.3) is 0 Å². The van der Waals surface area contributed by atoms with Gasteiger partial charge in [0.2, 0.25) is 11.8 Å². The van der Waals surface area contributed by atoms with Gasteiger partial charge in [0.15, 0.2) is 0 Å². The van der Waals surface area contributed by atoms with Crippen LogP contribution in [0.4, 0.5) is 0 Å². The van der Waals surface area contributed by atoms with Gasteiger partial charge in [-0.05, 0) is 45.7 Å². The zero-order valence-corrected chi connectivity index (χ0v) is 12.0. The number of primary amides is 1. The van der Waals surface area contributed by atoms with Crippen LogP contribution in [-0.2, 0) is 9.59 Å². The second kappa shape index (κ2) is 5.12. The van der Waals surface area contributed by atoms with E-state index in [9.17, 15) is 9.59 Å². The van der Waals surface area contributed by atoms with E-state index in [-0.39, 0.29) is 17.2 Å². The topological polar surface area (TPSA) is 75.4 Å². The lowest BCUT2D eigenvalue weighted by atomic mass is 9.75. The molecule has 19 heavy (non-hydrogen) atoms. The van der Waals surface area contributed by atoms with Gasteiger partial charge in [0.1, 0.15) is 0 Å². The Morgan fingerprint density at radius 2 is 1.89 bits per heavy atom. The van der Waals surface area contributed by atoms with Crippen LogP contribution in [0.1, 0.15) is 39.5 Å². The zero-order chi connectivity index (χ0) is 14.1. The normalized spacial score (nSPS) is 30.3. The summed E-state index contributed by atoms with van der Waals surface area (Å²) in [5, 5.41) is 3.31. The van der Waals surface area contributed by atoms with E-state index < -0.39 is 5.41 Å². The molecule has 1 atom stereocenters. The third kappa shape index (κ3) is 2.48. The van der Waals surface area contributed by atoms with Gasteiger partial charge in [0.25, 0.3) is 0 Å². The fourth-order valence-electron chi connectivity index (χ4n) is 3.29. The summed E-state index contributed by atoms with van der Waals surface area (Å²) in [6.07, 6.45) is 3.35. The van der Waals surface area contributed by atoms with Crippen LogP contribution in [0.2, 0.25) is 0 Å². The molecule has 108 valence electrons. The average molecular weight is 267 g/mol. The summed E-state index contributed by atoms with van der Waals surface area (Å²) in [6.45, 7) is 6.90. The highest BCUT2D eigenvalue weighted by atomic mass is 16.2. The molecule has 0 aromatic heterocycles. The second-order valence-electron chi connectivity index (χ2n) is 6.29. The Balaban J connectivity index is 2.10. The van der Waals surface area contributed by atoms with Crippen molar-refractivity contribution in [3.63, 3.8) is 0 Å². The van der Waals surface area contributed by atoms with Crippen LogP contribution in [0.15, 0.2) is 0 Å². The number of rotatable bonds is 3. The molecule has 3 N–H and O–H groups in total. The molecule has 2 rings (SSSR count). The monoisotopic (exact) mass is 267 g/mol. The molecule has 2 saturated heterocycles. The summed E-state index contributed by atoms with van der Waals surface area (Å²) in [6, 6.07) is 0. The number of likely N-dealkylation sites (tertiary alicyclic amines) is 1. The Morgan fingerprint density at radius 1 is 1.26 bits per heavy atom. The molecule has 1 unspecified atom stereocenters. The number of piperidine rings is 1. The smallest absolute Gasteiger partial charge is 0.228 e. The van der Waals surface area contributed by atoms with E-state index in [4.69, 9.17) is 5.73 Å². The third-order valence-corrected chi connectivity index (χ3v) is 5.05. The quantitative estimate of drug-likeness (QED) is 0.781. The maximum absolute atomic E-state index is 12.8. The van der Waals surface area contributed by atoms with E-state index in [1.165, 1.54) is 0 Å². The molecule has 2 fully saturated rings. The lowest BCUT2D eigenvalue weighted by molar-refractivity contribution is -0.143. The van der Waals surface area contributed by atoms with E-state index in [2.05, 4.69) is 12.2 Å². The third-order valence-electron chi connectivity index (χ3n) is 5.05. The van der Waals surface area contributed by atoms with Gasteiger partial charge >= 0.3 is 0 Å². The number of nitrogens with one attached hydrogen (secondary N) is 1. The number of carbonyl (C=O) groups excluding carboxylic acids is 2. The van der Waals surface area contributed by atoms with Crippen LogP contribution < -0.4 is 11.1 Å². The summed E-state index contributed by atoms with van der Waals surface area (Å²) in [5.74, 6) is -0.0693. The van der Waals surface area contributed by atoms with Crippen molar-refractivity contribution in [3.05, 3.63) is 0 Å². The van der Waals surface area contributed by atoms with Crippen LogP contribution in [0.3, 0.4) is 0 Å². The molecule has 0 saturated carbocycles. The summed E-state index contributed by atoms with van der Waals surface area (Å²) >= 11 is 0. The molecule has 0 aromatic carbocycles. The molecule has 5 nitrogen and oxygen atoms in total. The van der Waals surface area contributed by atoms with Crippen LogP contribution >= 0.6 is 0 Å². The van der Waals surface area contributed by atoms with Gasteiger partial charge in [-0.25, -0.2) is 0 Å². The molecule has 2 aliphatic heterocycles. The summed E-state index contributed by atoms with van der Waals surface area (Å²) in [5.41, 5.74) is 4.68. The molecule has 2 aliphatic rings. The number of hydrogen-bond acceptors (Lipinski definition) is 3. The fraction of sp³-hybridized carbons (Fsp3) is 0.857. The van der Waals surface area contributed by atoms with Crippen molar-refractivity contribution < 1.29 is 9.59 Å². The van der Waals surface area contributed by atoms with E-state index in [1.54, 1.807) is 0 Å². The van der Waals surface area contributed by atoms with E-state index in [0.29, 0.717) is 19.5 Å². The Bertz CT molecular complexity index is 377. The molecule has 5 heteroatoms. The average Bonchev–Trinajstić information content (AvgIpc) is 2.83. The Hall–Kier alpha value is -1.10. The fourth-order valence-corrected chi connectivity index (χ4v) is 3.29. The van der Waals surface area contributed by atoms with Crippen molar-refractivity contribution in [1.29, 1.82) is 0 Å². The van der Waals surface area contributed by atoms with Crippen molar-refractivity contribution in [2.24, 2.45) is 16.6 Å². The highest BCUT2D eigenvalue weighted by Crippen LogP contribution is 2.38. The van der Waals surface area contributed by atoms with Gasteiger partial charge < -0.3 is 16.0 Å². The van der Waals surface area contributed by atoms with Crippen LogP contribution in [0, 0.1) is 10.8 Å². The second-order valence-corrected chi connectivity index (χ2v) is 6.29. The number of carbonyl (C=O) groups is 2. The van der Waals surface area contributed by atoms with Gasteiger partial charge in [-0.15, -0.1) is 0 Å².